The minimum atomic E-state index is -4.50. The lowest BCUT2D eigenvalue weighted by Crippen LogP contribution is -2.10. The van der Waals surface area contributed by atoms with Gasteiger partial charge in [0.25, 0.3) is 0 Å². The van der Waals surface area contributed by atoms with Crippen LogP contribution in [0.15, 0.2) is 140 Å². The summed E-state index contributed by atoms with van der Waals surface area (Å²) in [6.45, 7) is 15.0. The highest BCUT2D eigenvalue weighted by molar-refractivity contribution is 6.12. The molecule has 0 aliphatic heterocycles. The summed E-state index contributed by atoms with van der Waals surface area (Å²) >= 11 is 0. The van der Waals surface area contributed by atoms with Gasteiger partial charge in [0.1, 0.15) is 0 Å². The molecule has 59 heavy (non-hydrogen) atoms. The lowest BCUT2D eigenvalue weighted by Gasteiger charge is -2.21. The largest absolute Gasteiger partial charge is 0.416 e. The van der Waals surface area contributed by atoms with Gasteiger partial charge < -0.3 is 9.13 Å². The Hall–Kier alpha value is -6.58. The molecule has 0 bridgehead atoms. The molecule has 3 nitrogen and oxygen atoms in total. The first-order chi connectivity index (χ1) is 28.0. The summed E-state index contributed by atoms with van der Waals surface area (Å²) in [6, 6.07) is 48.3. The summed E-state index contributed by atoms with van der Waals surface area (Å²) in [5.41, 5.74) is 11.0. The molecule has 0 N–H and O–H groups in total. The molecule has 9 aromatic rings. The molecular formula is C53H44F3N3. The molecular weight excluding hydrogens is 736 g/mol. The van der Waals surface area contributed by atoms with Crippen molar-refractivity contribution in [2.24, 2.45) is 0 Å². The van der Waals surface area contributed by atoms with Gasteiger partial charge in [-0.1, -0.05) is 102 Å². The Labute approximate surface area is 342 Å². The third-order valence-electron chi connectivity index (χ3n) is 11.7. The van der Waals surface area contributed by atoms with Crippen molar-refractivity contribution in [1.82, 2.24) is 9.13 Å². The normalized spacial score (nSPS) is 12.6. The first kappa shape index (κ1) is 38.0. The van der Waals surface area contributed by atoms with Gasteiger partial charge in [0, 0.05) is 32.7 Å². The van der Waals surface area contributed by atoms with E-state index in [9.17, 15) is 18.4 Å². The highest BCUT2D eigenvalue weighted by Crippen LogP contribution is 2.44. The van der Waals surface area contributed by atoms with E-state index in [-0.39, 0.29) is 10.8 Å². The van der Waals surface area contributed by atoms with Crippen LogP contribution in [0, 0.1) is 18.3 Å². The molecule has 2 aromatic heterocycles. The number of hydrogen-bond acceptors (Lipinski definition) is 1. The first-order valence-corrected chi connectivity index (χ1v) is 20.0. The summed E-state index contributed by atoms with van der Waals surface area (Å²) in [7, 11) is 0. The van der Waals surface area contributed by atoms with Gasteiger partial charge in [0.05, 0.1) is 50.6 Å². The third-order valence-corrected chi connectivity index (χ3v) is 11.7. The van der Waals surface area contributed by atoms with Gasteiger partial charge in [-0.15, -0.1) is 0 Å². The maximum absolute atomic E-state index is 14.3. The predicted octanol–water partition coefficient (Wildman–Crippen LogP) is 15.0. The Morgan fingerprint density at radius 1 is 0.458 bits per heavy atom. The number of rotatable bonds is 4. The van der Waals surface area contributed by atoms with E-state index in [0.29, 0.717) is 22.3 Å². The second-order valence-electron chi connectivity index (χ2n) is 17.8. The molecule has 292 valence electrons. The Balaban J connectivity index is 1.41. The predicted molar refractivity (Wildman–Crippen MR) is 238 cm³/mol. The standard InChI is InChI=1S/C53H44F3N3/c1-32-24-35(27-38(25-32)53(54,55)56)34-17-21-48(59-46-15-11-9-13-40(46)44-30-37(52(5,6)7)19-23-50(44)59)42(28-34)41-26-33(31-57)16-20-47(41)58-45-14-10-8-12-39(45)43-29-36(51(2,3)4)18-22-49(43)58/h8-30H,1-7H3. The first-order valence-electron chi connectivity index (χ1n) is 20.0. The molecule has 0 saturated heterocycles. The van der Waals surface area contributed by atoms with E-state index in [4.69, 9.17) is 0 Å². The molecule has 2 heterocycles. The summed E-state index contributed by atoms with van der Waals surface area (Å²) in [6.07, 6.45) is -4.50. The fourth-order valence-electron chi connectivity index (χ4n) is 8.65. The van der Waals surface area contributed by atoms with Crippen LogP contribution in [0.3, 0.4) is 0 Å². The lowest BCUT2D eigenvalue weighted by molar-refractivity contribution is -0.137. The van der Waals surface area contributed by atoms with Crippen molar-refractivity contribution in [1.29, 1.82) is 5.26 Å². The zero-order valence-electron chi connectivity index (χ0n) is 34.3. The number of aryl methyl sites for hydroxylation is 1. The Kier molecular flexibility index (Phi) is 8.68. The summed E-state index contributed by atoms with van der Waals surface area (Å²) < 4.78 is 47.3. The fourth-order valence-corrected chi connectivity index (χ4v) is 8.65. The molecule has 0 saturated carbocycles. The fraction of sp³-hybridized carbons (Fsp3) is 0.189. The lowest BCUT2D eigenvalue weighted by atomic mass is 9.86. The van der Waals surface area contributed by atoms with Crippen LogP contribution in [-0.4, -0.2) is 9.13 Å². The molecule has 6 heteroatoms. The van der Waals surface area contributed by atoms with Crippen LogP contribution < -0.4 is 0 Å². The van der Waals surface area contributed by atoms with Crippen LogP contribution in [0.2, 0.25) is 0 Å². The van der Waals surface area contributed by atoms with E-state index in [0.717, 1.165) is 66.1 Å². The number of benzene rings is 7. The van der Waals surface area contributed by atoms with Gasteiger partial charge in [-0.2, -0.15) is 18.4 Å². The molecule has 7 aromatic carbocycles. The molecule has 9 rings (SSSR count). The second-order valence-corrected chi connectivity index (χ2v) is 17.8. The number of alkyl halides is 3. The maximum Gasteiger partial charge on any atom is 0.416 e. The molecule has 0 spiro atoms. The topological polar surface area (TPSA) is 33.6 Å². The highest BCUT2D eigenvalue weighted by atomic mass is 19.4. The van der Waals surface area contributed by atoms with Crippen LogP contribution in [0.4, 0.5) is 13.2 Å². The Bertz CT molecular complexity index is 3190. The van der Waals surface area contributed by atoms with Gasteiger partial charge in [0.15, 0.2) is 0 Å². The summed E-state index contributed by atoms with van der Waals surface area (Å²) in [4.78, 5) is 0. The van der Waals surface area contributed by atoms with Gasteiger partial charge in [0.2, 0.25) is 0 Å². The van der Waals surface area contributed by atoms with Crippen molar-refractivity contribution in [3.63, 3.8) is 0 Å². The van der Waals surface area contributed by atoms with Crippen molar-refractivity contribution >= 4 is 43.6 Å². The zero-order valence-corrected chi connectivity index (χ0v) is 34.3. The number of aromatic nitrogens is 2. The number of para-hydroxylation sites is 2. The van der Waals surface area contributed by atoms with Crippen molar-refractivity contribution in [3.05, 3.63) is 167 Å². The van der Waals surface area contributed by atoms with Gasteiger partial charge in [-0.25, -0.2) is 0 Å². The molecule has 0 unspecified atom stereocenters. The van der Waals surface area contributed by atoms with Gasteiger partial charge in [-0.05, 0) is 124 Å². The average molecular weight is 780 g/mol. The van der Waals surface area contributed by atoms with Crippen LogP contribution in [0.1, 0.15) is 69.4 Å². The van der Waals surface area contributed by atoms with Crippen molar-refractivity contribution < 1.29 is 13.2 Å². The number of hydrogen-bond donors (Lipinski definition) is 0. The van der Waals surface area contributed by atoms with E-state index < -0.39 is 11.7 Å². The Morgan fingerprint density at radius 2 is 0.949 bits per heavy atom. The van der Waals surface area contributed by atoms with Gasteiger partial charge in [-0.3, -0.25) is 0 Å². The SMILES string of the molecule is Cc1cc(-c2ccc(-n3c4ccccc4c4cc(C(C)(C)C)ccc43)c(-c3cc(C#N)ccc3-n3c4ccccc4c4cc(C(C)(C)C)ccc43)c2)cc(C(F)(F)F)c1. The molecule has 0 radical (unpaired) electrons. The summed E-state index contributed by atoms with van der Waals surface area (Å²) in [5.74, 6) is 0. The van der Waals surface area contributed by atoms with E-state index in [1.165, 1.54) is 23.3 Å². The van der Waals surface area contributed by atoms with E-state index in [1.54, 1.807) is 13.0 Å². The van der Waals surface area contributed by atoms with Crippen LogP contribution in [0.25, 0.3) is 77.2 Å². The molecule has 0 amide bonds. The molecule has 0 aliphatic carbocycles. The molecule has 0 aliphatic rings. The average Bonchev–Trinajstić information content (AvgIpc) is 3.71. The minimum absolute atomic E-state index is 0.0654. The van der Waals surface area contributed by atoms with E-state index in [2.05, 4.69) is 130 Å². The van der Waals surface area contributed by atoms with Crippen LogP contribution in [0.5, 0.6) is 0 Å². The number of nitrogens with zero attached hydrogens (tertiary/aromatic N) is 3. The molecule has 0 fully saturated rings. The Morgan fingerprint density at radius 3 is 1.46 bits per heavy atom. The van der Waals surface area contributed by atoms with Crippen molar-refractivity contribution in [2.75, 3.05) is 0 Å². The zero-order chi connectivity index (χ0) is 41.6. The summed E-state index contributed by atoms with van der Waals surface area (Å²) in [5, 5.41) is 14.8. The van der Waals surface area contributed by atoms with Crippen LogP contribution in [-0.2, 0) is 17.0 Å². The minimum Gasteiger partial charge on any atom is -0.309 e. The quantitative estimate of drug-likeness (QED) is 0.175. The number of fused-ring (bicyclic) bond motifs is 6. The smallest absolute Gasteiger partial charge is 0.309 e. The third kappa shape index (κ3) is 6.46. The number of nitriles is 1. The maximum atomic E-state index is 14.3. The molecule has 0 atom stereocenters. The van der Waals surface area contributed by atoms with Crippen LogP contribution >= 0.6 is 0 Å². The monoisotopic (exact) mass is 779 g/mol. The van der Waals surface area contributed by atoms with E-state index in [1.807, 2.05) is 48.5 Å². The highest BCUT2D eigenvalue weighted by Gasteiger charge is 2.31. The van der Waals surface area contributed by atoms with E-state index >= 15 is 0 Å². The van der Waals surface area contributed by atoms with Crippen molar-refractivity contribution in [2.45, 2.75) is 65.5 Å². The second kappa shape index (κ2) is 13.5. The van der Waals surface area contributed by atoms with Gasteiger partial charge >= 0.3 is 6.18 Å². The number of halogens is 3. The van der Waals surface area contributed by atoms with Crippen molar-refractivity contribution in [3.8, 4) is 39.7 Å².